The summed E-state index contributed by atoms with van der Waals surface area (Å²) in [6, 6.07) is 0. The molecule has 0 bridgehead atoms. The minimum Gasteiger partial charge on any atom is -0.457 e. The summed E-state index contributed by atoms with van der Waals surface area (Å²) in [5.74, 6) is -0.513. The molecule has 1 rings (SSSR count). The van der Waals surface area contributed by atoms with Gasteiger partial charge in [0.15, 0.2) is 5.76 Å². The van der Waals surface area contributed by atoms with Crippen molar-refractivity contribution in [2.75, 3.05) is 0 Å². The van der Waals surface area contributed by atoms with Gasteiger partial charge in [-0.05, 0) is 22.4 Å². The van der Waals surface area contributed by atoms with Crippen LogP contribution in [-0.2, 0) is 19.1 Å². The fourth-order valence-electron chi connectivity index (χ4n) is 1.49. The number of rotatable bonds is 4. The first kappa shape index (κ1) is 14.4. The Bertz CT molecular complexity index is 398. The second-order valence-corrected chi connectivity index (χ2v) is 4.73. The van der Waals surface area contributed by atoms with Gasteiger partial charge in [-0.1, -0.05) is 29.3 Å². The minimum absolute atomic E-state index is 0.354. The van der Waals surface area contributed by atoms with Crippen molar-refractivity contribution in [1.29, 1.82) is 0 Å². The Hall–Kier alpha value is -0.620. The molecule has 0 aromatic heterocycles. The lowest BCUT2D eigenvalue weighted by Crippen LogP contribution is -2.22. The molecule has 6 heteroatoms. The number of carbonyl (C=O) groups is 2. The average molecular weight is 368 g/mol. The van der Waals surface area contributed by atoms with Gasteiger partial charge in [-0.3, -0.25) is 4.79 Å². The lowest BCUT2D eigenvalue weighted by Gasteiger charge is -2.15. The highest BCUT2D eigenvalue weighted by molar-refractivity contribution is 9.12. The fraction of sp³-hybridized carbons (Fsp3) is 0.455. The van der Waals surface area contributed by atoms with E-state index in [-0.39, 0.29) is 0 Å². The van der Waals surface area contributed by atoms with Gasteiger partial charge in [-0.25, -0.2) is 4.79 Å². The molecule has 17 heavy (non-hydrogen) atoms. The number of hydrogen-bond donors (Lipinski definition) is 0. The van der Waals surface area contributed by atoms with Gasteiger partial charge in [-0.2, -0.15) is 0 Å². The predicted molar refractivity (Wildman–Crippen MR) is 69.5 cm³/mol. The van der Waals surface area contributed by atoms with Crippen LogP contribution in [0.2, 0.25) is 0 Å². The Balaban J connectivity index is 3.04. The molecule has 0 aromatic rings. The first-order chi connectivity index (χ1) is 8.01. The monoisotopic (exact) mass is 366 g/mol. The predicted octanol–water partition coefficient (Wildman–Crippen LogP) is 3.16. The van der Waals surface area contributed by atoms with Gasteiger partial charge < -0.3 is 9.47 Å². The van der Waals surface area contributed by atoms with E-state index in [4.69, 9.17) is 9.47 Å². The van der Waals surface area contributed by atoms with Crippen molar-refractivity contribution >= 4 is 43.8 Å². The van der Waals surface area contributed by atoms with Crippen molar-refractivity contribution in [1.82, 2.24) is 0 Å². The molecule has 0 aromatic carbocycles. The Kier molecular flexibility index (Phi) is 5.39. The van der Waals surface area contributed by atoms with Crippen molar-refractivity contribution in [3.8, 4) is 0 Å². The SMILES string of the molecule is CCCC(OC(C)=O)C1=C(Br)/C(=C/Br)OC1=O. The Morgan fingerprint density at radius 3 is 2.65 bits per heavy atom. The number of cyclic esters (lactones) is 1. The molecule has 0 spiro atoms. The first-order valence-corrected chi connectivity index (χ1v) is 6.81. The smallest absolute Gasteiger partial charge is 0.344 e. The molecule has 1 unspecified atom stereocenters. The van der Waals surface area contributed by atoms with E-state index in [9.17, 15) is 9.59 Å². The summed E-state index contributed by atoms with van der Waals surface area (Å²) in [5, 5.41) is 0. The Labute approximate surface area is 116 Å². The van der Waals surface area contributed by atoms with E-state index in [1.807, 2.05) is 6.92 Å². The molecule has 0 fully saturated rings. The van der Waals surface area contributed by atoms with Gasteiger partial charge in [-0.15, -0.1) is 0 Å². The number of ether oxygens (including phenoxy) is 2. The van der Waals surface area contributed by atoms with Crippen LogP contribution in [0.3, 0.4) is 0 Å². The summed E-state index contributed by atoms with van der Waals surface area (Å²) >= 11 is 6.38. The summed E-state index contributed by atoms with van der Waals surface area (Å²) in [7, 11) is 0. The van der Waals surface area contributed by atoms with E-state index in [2.05, 4.69) is 31.9 Å². The van der Waals surface area contributed by atoms with Gasteiger partial charge in [0.05, 0.1) is 10.1 Å². The normalized spacial score (nSPS) is 19.5. The van der Waals surface area contributed by atoms with Crippen LogP contribution in [0.4, 0.5) is 0 Å². The molecular formula is C11H12Br2O4. The molecule has 1 heterocycles. The summed E-state index contributed by atoms with van der Waals surface area (Å²) in [6.45, 7) is 3.27. The third-order valence-electron chi connectivity index (χ3n) is 2.16. The summed E-state index contributed by atoms with van der Waals surface area (Å²) < 4.78 is 10.7. The second kappa shape index (κ2) is 6.35. The van der Waals surface area contributed by atoms with Crippen LogP contribution in [0.5, 0.6) is 0 Å². The topological polar surface area (TPSA) is 52.6 Å². The third kappa shape index (κ3) is 3.42. The maximum Gasteiger partial charge on any atom is 0.344 e. The molecule has 0 N–H and O–H groups in total. The highest BCUT2D eigenvalue weighted by Gasteiger charge is 2.35. The number of hydrogen-bond acceptors (Lipinski definition) is 4. The van der Waals surface area contributed by atoms with Crippen molar-refractivity contribution in [3.05, 3.63) is 20.8 Å². The highest BCUT2D eigenvalue weighted by atomic mass is 79.9. The molecule has 0 radical (unpaired) electrons. The molecule has 0 aliphatic carbocycles. The number of carbonyl (C=O) groups excluding carboxylic acids is 2. The molecule has 1 aliphatic rings. The molecule has 0 amide bonds. The summed E-state index contributed by atoms with van der Waals surface area (Å²) in [5.41, 5.74) is 0.354. The van der Waals surface area contributed by atoms with Crippen molar-refractivity contribution in [3.63, 3.8) is 0 Å². The molecule has 0 saturated heterocycles. The molecule has 1 atom stereocenters. The van der Waals surface area contributed by atoms with Gasteiger partial charge in [0.2, 0.25) is 0 Å². The quantitative estimate of drug-likeness (QED) is 0.716. The molecule has 94 valence electrons. The van der Waals surface area contributed by atoms with Crippen LogP contribution in [0.25, 0.3) is 0 Å². The molecule has 4 nitrogen and oxygen atoms in total. The third-order valence-corrected chi connectivity index (χ3v) is 3.39. The fourth-order valence-corrected chi connectivity index (χ4v) is 2.73. The van der Waals surface area contributed by atoms with Gasteiger partial charge in [0.25, 0.3) is 0 Å². The maximum atomic E-state index is 11.7. The summed E-state index contributed by atoms with van der Waals surface area (Å²) in [4.78, 5) is 24.2. The summed E-state index contributed by atoms with van der Waals surface area (Å²) in [6.07, 6.45) is 0.807. The van der Waals surface area contributed by atoms with E-state index in [1.54, 1.807) is 0 Å². The standard InChI is InChI=1S/C11H12Br2O4/c1-3-4-7(16-6(2)14)9-10(13)8(5-12)17-11(9)15/h5,7H,3-4H2,1-2H3/b8-5-. The maximum absolute atomic E-state index is 11.7. The average Bonchev–Trinajstić information content (AvgIpc) is 2.52. The molecule has 0 saturated carbocycles. The van der Waals surface area contributed by atoms with Crippen LogP contribution >= 0.6 is 31.9 Å². The van der Waals surface area contributed by atoms with Crippen LogP contribution < -0.4 is 0 Å². The Morgan fingerprint density at radius 1 is 1.59 bits per heavy atom. The number of halogens is 2. The zero-order valence-electron chi connectivity index (χ0n) is 9.46. The van der Waals surface area contributed by atoms with Crippen molar-refractivity contribution in [2.24, 2.45) is 0 Å². The van der Waals surface area contributed by atoms with E-state index in [0.29, 0.717) is 22.2 Å². The van der Waals surface area contributed by atoms with Gasteiger partial charge in [0, 0.05) is 11.9 Å². The largest absolute Gasteiger partial charge is 0.457 e. The lowest BCUT2D eigenvalue weighted by molar-refractivity contribution is -0.146. The van der Waals surface area contributed by atoms with Crippen LogP contribution in [0.1, 0.15) is 26.7 Å². The van der Waals surface area contributed by atoms with Crippen LogP contribution in [0, 0.1) is 0 Å². The van der Waals surface area contributed by atoms with Crippen LogP contribution in [-0.4, -0.2) is 18.0 Å². The number of esters is 2. The highest BCUT2D eigenvalue weighted by Crippen LogP contribution is 2.35. The molecule has 1 aliphatic heterocycles. The van der Waals surface area contributed by atoms with Crippen LogP contribution in [0.15, 0.2) is 20.8 Å². The minimum atomic E-state index is -0.565. The van der Waals surface area contributed by atoms with E-state index >= 15 is 0 Å². The lowest BCUT2D eigenvalue weighted by atomic mass is 10.1. The Morgan fingerprint density at radius 2 is 2.24 bits per heavy atom. The van der Waals surface area contributed by atoms with Crippen molar-refractivity contribution < 1.29 is 19.1 Å². The first-order valence-electron chi connectivity index (χ1n) is 5.11. The van der Waals surface area contributed by atoms with E-state index in [0.717, 1.165) is 6.42 Å². The zero-order chi connectivity index (χ0) is 13.0. The van der Waals surface area contributed by atoms with Crippen molar-refractivity contribution in [2.45, 2.75) is 32.8 Å². The molecular weight excluding hydrogens is 356 g/mol. The van der Waals surface area contributed by atoms with Gasteiger partial charge >= 0.3 is 11.9 Å². The van der Waals surface area contributed by atoms with E-state index < -0.39 is 18.0 Å². The van der Waals surface area contributed by atoms with E-state index in [1.165, 1.54) is 11.9 Å². The number of allylic oxidation sites excluding steroid dienone is 1. The zero-order valence-corrected chi connectivity index (χ0v) is 12.6. The second-order valence-electron chi connectivity index (χ2n) is 3.48. The van der Waals surface area contributed by atoms with Gasteiger partial charge in [0.1, 0.15) is 6.10 Å².